The van der Waals surface area contributed by atoms with Gasteiger partial charge in [0.1, 0.15) is 0 Å². The highest BCUT2D eigenvalue weighted by atomic mass is 19.4. The number of carbonyl (C=O) groups excluding carboxylic acids is 1. The van der Waals surface area contributed by atoms with E-state index in [1.807, 2.05) is 6.92 Å². The normalized spacial score (nSPS) is 17.5. The molecule has 1 aliphatic rings. The van der Waals surface area contributed by atoms with Gasteiger partial charge in [-0.2, -0.15) is 18.3 Å². The maximum atomic E-state index is 12.6. The number of aromatic nitrogens is 2. The number of amides is 1. The maximum absolute atomic E-state index is 12.6. The van der Waals surface area contributed by atoms with Crippen LogP contribution in [0.15, 0.2) is 36.5 Å². The van der Waals surface area contributed by atoms with Gasteiger partial charge in [0.25, 0.3) is 5.91 Å². The SMILES string of the molecule is CCN(CC1CCCO1)C(=O)c1ccc(-n2ccc(C(F)(F)F)n2)cc1. The van der Waals surface area contributed by atoms with E-state index >= 15 is 0 Å². The lowest BCUT2D eigenvalue weighted by Gasteiger charge is -2.24. The van der Waals surface area contributed by atoms with Gasteiger partial charge in [0, 0.05) is 31.5 Å². The summed E-state index contributed by atoms with van der Waals surface area (Å²) < 4.78 is 44.7. The summed E-state index contributed by atoms with van der Waals surface area (Å²) in [5, 5.41) is 3.53. The van der Waals surface area contributed by atoms with Gasteiger partial charge in [0.05, 0.1) is 11.8 Å². The van der Waals surface area contributed by atoms with E-state index in [4.69, 9.17) is 4.74 Å². The Hall–Kier alpha value is -2.35. The lowest BCUT2D eigenvalue weighted by molar-refractivity contribution is -0.141. The minimum atomic E-state index is -4.48. The third-order valence-electron chi connectivity index (χ3n) is 4.38. The molecule has 0 N–H and O–H groups in total. The van der Waals surface area contributed by atoms with E-state index in [0.29, 0.717) is 24.3 Å². The van der Waals surface area contributed by atoms with E-state index in [0.717, 1.165) is 30.2 Å². The fourth-order valence-corrected chi connectivity index (χ4v) is 2.95. The van der Waals surface area contributed by atoms with Crippen molar-refractivity contribution in [1.29, 1.82) is 0 Å². The van der Waals surface area contributed by atoms with Gasteiger partial charge in [-0.05, 0) is 50.1 Å². The number of rotatable bonds is 5. The second-order valence-electron chi connectivity index (χ2n) is 6.17. The Morgan fingerprint density at radius 1 is 1.31 bits per heavy atom. The van der Waals surface area contributed by atoms with Crippen LogP contribution in [0.25, 0.3) is 5.69 Å². The minimum Gasteiger partial charge on any atom is -0.376 e. The van der Waals surface area contributed by atoms with Crippen LogP contribution in [0.5, 0.6) is 0 Å². The quantitative estimate of drug-likeness (QED) is 0.812. The molecule has 0 bridgehead atoms. The molecule has 26 heavy (non-hydrogen) atoms. The molecule has 140 valence electrons. The first-order chi connectivity index (χ1) is 12.4. The number of likely N-dealkylation sites (N-methyl/N-ethyl adjacent to an activating group) is 1. The van der Waals surface area contributed by atoms with Gasteiger partial charge >= 0.3 is 6.18 Å². The van der Waals surface area contributed by atoms with Crippen LogP contribution in [0, 0.1) is 0 Å². The summed E-state index contributed by atoms with van der Waals surface area (Å²) >= 11 is 0. The van der Waals surface area contributed by atoms with Crippen LogP contribution in [-0.4, -0.2) is 46.4 Å². The number of halogens is 3. The van der Waals surface area contributed by atoms with Gasteiger partial charge in [0.15, 0.2) is 5.69 Å². The number of ether oxygens (including phenoxy) is 1. The Balaban J connectivity index is 1.71. The lowest BCUT2D eigenvalue weighted by Crippen LogP contribution is -2.37. The molecule has 0 radical (unpaired) electrons. The molecule has 1 aliphatic heterocycles. The molecule has 1 saturated heterocycles. The van der Waals surface area contributed by atoms with Crippen LogP contribution in [0.4, 0.5) is 13.2 Å². The van der Waals surface area contributed by atoms with Crippen molar-refractivity contribution < 1.29 is 22.7 Å². The molecule has 1 aromatic heterocycles. The van der Waals surface area contributed by atoms with Crippen LogP contribution in [0.2, 0.25) is 0 Å². The Morgan fingerprint density at radius 3 is 2.58 bits per heavy atom. The Kier molecular flexibility index (Phi) is 5.31. The largest absolute Gasteiger partial charge is 0.435 e. The van der Waals surface area contributed by atoms with Crippen LogP contribution in [0.3, 0.4) is 0 Å². The van der Waals surface area contributed by atoms with Crippen molar-refractivity contribution in [2.45, 2.75) is 32.0 Å². The summed E-state index contributed by atoms with van der Waals surface area (Å²) in [6.45, 7) is 3.75. The molecule has 1 aromatic carbocycles. The van der Waals surface area contributed by atoms with E-state index < -0.39 is 11.9 Å². The number of hydrogen-bond donors (Lipinski definition) is 0. The molecule has 2 aromatic rings. The van der Waals surface area contributed by atoms with E-state index in [-0.39, 0.29) is 12.0 Å². The van der Waals surface area contributed by atoms with Gasteiger partial charge in [-0.3, -0.25) is 4.79 Å². The first-order valence-corrected chi connectivity index (χ1v) is 8.52. The predicted octanol–water partition coefficient (Wildman–Crippen LogP) is 3.53. The standard InChI is InChI=1S/C18H20F3N3O2/c1-2-23(12-15-4-3-11-26-15)17(25)13-5-7-14(8-6-13)24-10-9-16(22-24)18(19,20)21/h5-10,15H,2-4,11-12H2,1H3. The molecule has 8 heteroatoms. The summed E-state index contributed by atoms with van der Waals surface area (Å²) in [4.78, 5) is 14.4. The van der Waals surface area contributed by atoms with Crippen molar-refractivity contribution in [3.63, 3.8) is 0 Å². The van der Waals surface area contributed by atoms with Crippen LogP contribution >= 0.6 is 0 Å². The number of benzene rings is 1. The smallest absolute Gasteiger partial charge is 0.376 e. The molecule has 0 aliphatic carbocycles. The van der Waals surface area contributed by atoms with Crippen LogP contribution in [-0.2, 0) is 10.9 Å². The second-order valence-corrected chi connectivity index (χ2v) is 6.17. The molecule has 1 amide bonds. The highest BCUT2D eigenvalue weighted by Crippen LogP contribution is 2.28. The summed E-state index contributed by atoms with van der Waals surface area (Å²) in [7, 11) is 0. The van der Waals surface area contributed by atoms with Gasteiger partial charge in [-0.25, -0.2) is 4.68 Å². The number of hydrogen-bond acceptors (Lipinski definition) is 3. The molecule has 0 spiro atoms. The van der Waals surface area contributed by atoms with Crippen molar-refractivity contribution in [1.82, 2.24) is 14.7 Å². The summed E-state index contributed by atoms with van der Waals surface area (Å²) in [5.41, 5.74) is -0.0117. The van der Waals surface area contributed by atoms with E-state index in [9.17, 15) is 18.0 Å². The van der Waals surface area contributed by atoms with Crippen molar-refractivity contribution in [2.24, 2.45) is 0 Å². The second kappa shape index (κ2) is 7.49. The number of alkyl halides is 3. The zero-order chi connectivity index (χ0) is 18.7. The van der Waals surface area contributed by atoms with Crippen molar-refractivity contribution >= 4 is 5.91 Å². The van der Waals surface area contributed by atoms with E-state index in [1.165, 1.54) is 6.20 Å². The molecular formula is C18H20F3N3O2. The average molecular weight is 367 g/mol. The Labute approximate surface area is 149 Å². The lowest BCUT2D eigenvalue weighted by atomic mass is 10.1. The third kappa shape index (κ3) is 4.07. The average Bonchev–Trinajstić information content (AvgIpc) is 3.30. The van der Waals surface area contributed by atoms with Crippen LogP contribution in [0.1, 0.15) is 35.8 Å². The van der Waals surface area contributed by atoms with Crippen LogP contribution < -0.4 is 0 Å². The van der Waals surface area contributed by atoms with Gasteiger partial charge < -0.3 is 9.64 Å². The fourth-order valence-electron chi connectivity index (χ4n) is 2.95. The zero-order valence-corrected chi connectivity index (χ0v) is 14.4. The summed E-state index contributed by atoms with van der Waals surface area (Å²) in [6, 6.07) is 7.29. The minimum absolute atomic E-state index is 0.0723. The zero-order valence-electron chi connectivity index (χ0n) is 14.4. The predicted molar refractivity (Wildman–Crippen MR) is 89.1 cm³/mol. The molecule has 3 rings (SSSR count). The molecule has 1 unspecified atom stereocenters. The fraction of sp³-hybridized carbons (Fsp3) is 0.444. The topological polar surface area (TPSA) is 47.4 Å². The molecule has 2 heterocycles. The summed E-state index contributed by atoms with van der Waals surface area (Å²) in [6.07, 6.45) is -1.21. The van der Waals surface area contributed by atoms with E-state index in [2.05, 4.69) is 5.10 Å². The highest BCUT2D eigenvalue weighted by Gasteiger charge is 2.33. The van der Waals surface area contributed by atoms with Gasteiger partial charge in [-0.15, -0.1) is 0 Å². The number of nitrogens with zero attached hydrogens (tertiary/aromatic N) is 3. The Morgan fingerprint density at radius 2 is 2.04 bits per heavy atom. The third-order valence-corrected chi connectivity index (χ3v) is 4.38. The molecule has 1 atom stereocenters. The monoisotopic (exact) mass is 367 g/mol. The summed E-state index contributed by atoms with van der Waals surface area (Å²) in [5.74, 6) is -0.119. The molecule has 5 nitrogen and oxygen atoms in total. The van der Waals surface area contributed by atoms with Crippen molar-refractivity contribution in [2.75, 3.05) is 19.7 Å². The van der Waals surface area contributed by atoms with Crippen molar-refractivity contribution in [3.8, 4) is 5.69 Å². The molecule has 1 fully saturated rings. The number of carbonyl (C=O) groups is 1. The van der Waals surface area contributed by atoms with Gasteiger partial charge in [-0.1, -0.05) is 0 Å². The first kappa shape index (κ1) is 18.4. The Bertz CT molecular complexity index is 750. The van der Waals surface area contributed by atoms with Gasteiger partial charge in [0.2, 0.25) is 0 Å². The molecular weight excluding hydrogens is 347 g/mol. The first-order valence-electron chi connectivity index (χ1n) is 8.52. The highest BCUT2D eigenvalue weighted by molar-refractivity contribution is 5.94. The van der Waals surface area contributed by atoms with E-state index in [1.54, 1.807) is 29.2 Å². The molecule has 0 saturated carbocycles. The maximum Gasteiger partial charge on any atom is 0.435 e. The van der Waals surface area contributed by atoms with Crippen molar-refractivity contribution in [3.05, 3.63) is 47.8 Å².